The van der Waals surface area contributed by atoms with Crippen LogP contribution >= 0.6 is 0 Å². The number of carbonyl (C=O) groups is 1. The van der Waals surface area contributed by atoms with Gasteiger partial charge in [0.05, 0.1) is 0 Å². The first-order valence-electron chi connectivity index (χ1n) is 5.35. The molecule has 1 amide bonds. The normalized spacial score (nSPS) is 13.8. The predicted octanol–water partition coefficient (Wildman–Crippen LogP) is 1.85. The van der Waals surface area contributed by atoms with Crippen LogP contribution in [-0.2, 0) is 4.74 Å². The van der Waals surface area contributed by atoms with E-state index >= 15 is 0 Å². The van der Waals surface area contributed by atoms with Gasteiger partial charge in [0.2, 0.25) is 0 Å². The lowest BCUT2D eigenvalue weighted by atomic mass is 10.2. The number of carbonyl (C=O) groups excluding carboxylic acids is 1. The summed E-state index contributed by atoms with van der Waals surface area (Å²) in [6.45, 7) is 8.51. The van der Waals surface area contributed by atoms with Crippen LogP contribution in [0.2, 0.25) is 0 Å². The van der Waals surface area contributed by atoms with Crippen LogP contribution < -0.4 is 5.32 Å². The smallest absolute Gasteiger partial charge is 0.407 e. The predicted molar refractivity (Wildman–Crippen MR) is 62.0 cm³/mol. The molecule has 0 saturated heterocycles. The van der Waals surface area contributed by atoms with Gasteiger partial charge in [-0.1, -0.05) is 0 Å². The lowest BCUT2D eigenvalue weighted by molar-refractivity contribution is 0.0504. The number of alkyl carbamates (subject to hydrolysis) is 1. The Bertz CT molecular complexity index is 197. The molecule has 1 unspecified atom stereocenters. The summed E-state index contributed by atoms with van der Waals surface area (Å²) in [5.41, 5.74) is -0.425. The highest BCUT2D eigenvalue weighted by molar-refractivity contribution is 5.67. The van der Waals surface area contributed by atoms with Gasteiger partial charge in [-0.3, -0.25) is 0 Å². The highest BCUT2D eigenvalue weighted by atomic mass is 16.6. The van der Waals surface area contributed by atoms with Crippen molar-refractivity contribution in [3.8, 4) is 0 Å². The van der Waals surface area contributed by atoms with Gasteiger partial charge in [0.1, 0.15) is 5.60 Å². The van der Waals surface area contributed by atoms with Crippen molar-refractivity contribution >= 4 is 6.09 Å². The zero-order valence-corrected chi connectivity index (χ0v) is 10.8. The quantitative estimate of drug-likeness (QED) is 0.779. The van der Waals surface area contributed by atoms with Crippen molar-refractivity contribution in [1.29, 1.82) is 0 Å². The van der Waals surface area contributed by atoms with Gasteiger partial charge in [0.25, 0.3) is 0 Å². The van der Waals surface area contributed by atoms with E-state index in [0.29, 0.717) is 0 Å². The molecule has 0 aliphatic rings. The third-order valence-corrected chi connectivity index (χ3v) is 1.77. The summed E-state index contributed by atoms with van der Waals surface area (Å²) in [5, 5.41) is 2.80. The average Bonchev–Trinajstić information content (AvgIpc) is 1.96. The molecule has 4 heteroatoms. The van der Waals surface area contributed by atoms with Crippen molar-refractivity contribution in [3.63, 3.8) is 0 Å². The Morgan fingerprint density at radius 3 is 2.33 bits per heavy atom. The van der Waals surface area contributed by atoms with Gasteiger partial charge in [-0.05, 0) is 54.8 Å². The van der Waals surface area contributed by atoms with Crippen LogP contribution in [0.25, 0.3) is 0 Å². The molecule has 0 radical (unpaired) electrons. The highest BCUT2D eigenvalue weighted by Crippen LogP contribution is 2.07. The van der Waals surface area contributed by atoms with Crippen LogP contribution in [0.3, 0.4) is 0 Å². The lowest BCUT2D eigenvalue weighted by Crippen LogP contribution is -2.38. The van der Waals surface area contributed by atoms with E-state index in [1.807, 2.05) is 41.8 Å². The number of nitrogens with zero attached hydrogens (tertiary/aromatic N) is 1. The van der Waals surface area contributed by atoms with Crippen LogP contribution in [0.15, 0.2) is 0 Å². The van der Waals surface area contributed by atoms with Gasteiger partial charge < -0.3 is 15.0 Å². The Balaban J connectivity index is 3.77. The van der Waals surface area contributed by atoms with Crippen molar-refractivity contribution in [2.24, 2.45) is 0 Å². The van der Waals surface area contributed by atoms with Gasteiger partial charge in [-0.2, -0.15) is 0 Å². The number of amides is 1. The van der Waals surface area contributed by atoms with Crippen molar-refractivity contribution in [2.45, 2.75) is 45.8 Å². The molecule has 90 valence electrons. The Morgan fingerprint density at radius 2 is 1.93 bits per heavy atom. The second-order valence-corrected chi connectivity index (χ2v) is 5.14. The average molecular weight is 216 g/mol. The molecule has 1 N–H and O–H groups in total. The lowest BCUT2D eigenvalue weighted by Gasteiger charge is -2.22. The van der Waals surface area contributed by atoms with E-state index < -0.39 is 5.60 Å². The van der Waals surface area contributed by atoms with E-state index in [1.54, 1.807) is 0 Å². The van der Waals surface area contributed by atoms with Crippen LogP contribution in [-0.4, -0.2) is 43.3 Å². The fourth-order valence-corrected chi connectivity index (χ4v) is 1.03. The summed E-state index contributed by atoms with van der Waals surface area (Å²) in [6.07, 6.45) is 0.584. The second-order valence-electron chi connectivity index (χ2n) is 5.14. The molecule has 0 saturated carbocycles. The fourth-order valence-electron chi connectivity index (χ4n) is 1.03. The Kier molecular flexibility index (Phi) is 5.65. The zero-order valence-electron chi connectivity index (χ0n) is 10.8. The molecular formula is C11H24N2O2. The highest BCUT2D eigenvalue weighted by Gasteiger charge is 2.17. The molecule has 0 spiro atoms. The monoisotopic (exact) mass is 216 g/mol. The van der Waals surface area contributed by atoms with E-state index in [9.17, 15) is 4.79 Å². The number of hydrogen-bond donors (Lipinski definition) is 1. The summed E-state index contributed by atoms with van der Waals surface area (Å²) < 4.78 is 5.15. The molecule has 1 atom stereocenters. The summed E-state index contributed by atoms with van der Waals surface area (Å²) >= 11 is 0. The summed E-state index contributed by atoms with van der Waals surface area (Å²) in [4.78, 5) is 13.5. The third-order valence-electron chi connectivity index (χ3n) is 1.77. The minimum Gasteiger partial charge on any atom is -0.444 e. The van der Waals surface area contributed by atoms with E-state index in [1.165, 1.54) is 0 Å². The van der Waals surface area contributed by atoms with Crippen molar-refractivity contribution in [3.05, 3.63) is 0 Å². The molecule has 0 aromatic rings. The summed E-state index contributed by atoms with van der Waals surface area (Å²) in [7, 11) is 4.03. The van der Waals surface area contributed by atoms with Gasteiger partial charge in [0.15, 0.2) is 0 Å². The van der Waals surface area contributed by atoms with Gasteiger partial charge in [-0.15, -0.1) is 0 Å². The molecule has 0 aromatic carbocycles. The molecule has 15 heavy (non-hydrogen) atoms. The van der Waals surface area contributed by atoms with Crippen LogP contribution in [0, 0.1) is 0 Å². The van der Waals surface area contributed by atoms with E-state index in [2.05, 4.69) is 10.2 Å². The maximum absolute atomic E-state index is 11.4. The second kappa shape index (κ2) is 5.95. The molecule has 4 nitrogen and oxygen atoms in total. The number of nitrogens with one attached hydrogen (secondary N) is 1. The minimum atomic E-state index is -0.425. The number of rotatable bonds is 4. The molecule has 0 heterocycles. The maximum Gasteiger partial charge on any atom is 0.407 e. The zero-order chi connectivity index (χ0) is 12.1. The number of ether oxygens (including phenoxy) is 1. The largest absolute Gasteiger partial charge is 0.444 e. The third kappa shape index (κ3) is 9.53. The SMILES string of the molecule is CC(CCN(C)C)NC(=O)OC(C)(C)C. The van der Waals surface area contributed by atoms with E-state index in [0.717, 1.165) is 13.0 Å². The topological polar surface area (TPSA) is 41.6 Å². The van der Waals surface area contributed by atoms with Crippen molar-refractivity contribution in [1.82, 2.24) is 10.2 Å². The first kappa shape index (κ1) is 14.2. The molecule has 0 aliphatic heterocycles. The van der Waals surface area contributed by atoms with Gasteiger partial charge in [0, 0.05) is 6.04 Å². The fraction of sp³-hybridized carbons (Fsp3) is 0.909. The van der Waals surface area contributed by atoms with Gasteiger partial charge in [-0.25, -0.2) is 4.79 Å². The molecule has 0 aliphatic carbocycles. The van der Waals surface area contributed by atoms with Crippen LogP contribution in [0.1, 0.15) is 34.1 Å². The molecular weight excluding hydrogens is 192 g/mol. The standard InChI is InChI=1S/C11H24N2O2/c1-9(7-8-13(5)6)12-10(14)15-11(2,3)4/h9H,7-8H2,1-6H3,(H,12,14). The van der Waals surface area contributed by atoms with Crippen LogP contribution in [0.4, 0.5) is 4.79 Å². The molecule has 0 aromatic heterocycles. The minimum absolute atomic E-state index is 0.141. The van der Waals surface area contributed by atoms with E-state index in [4.69, 9.17) is 4.74 Å². The Morgan fingerprint density at radius 1 is 1.40 bits per heavy atom. The van der Waals surface area contributed by atoms with E-state index in [-0.39, 0.29) is 12.1 Å². The first-order valence-corrected chi connectivity index (χ1v) is 5.35. The first-order chi connectivity index (χ1) is 6.70. The number of hydrogen-bond acceptors (Lipinski definition) is 3. The van der Waals surface area contributed by atoms with Crippen molar-refractivity contribution in [2.75, 3.05) is 20.6 Å². The Labute approximate surface area is 93.0 Å². The molecule has 0 fully saturated rings. The van der Waals surface area contributed by atoms with Crippen molar-refractivity contribution < 1.29 is 9.53 Å². The summed E-state index contributed by atoms with van der Waals surface area (Å²) in [6, 6.07) is 0.141. The maximum atomic E-state index is 11.4. The van der Waals surface area contributed by atoms with Gasteiger partial charge >= 0.3 is 6.09 Å². The Hall–Kier alpha value is -0.770. The molecule has 0 rings (SSSR count). The molecule has 0 bridgehead atoms. The summed E-state index contributed by atoms with van der Waals surface area (Å²) in [5.74, 6) is 0. The van der Waals surface area contributed by atoms with Crippen LogP contribution in [0.5, 0.6) is 0 Å².